The van der Waals surface area contributed by atoms with Crippen LogP contribution in [0.2, 0.25) is 0 Å². The highest BCUT2D eigenvalue weighted by Crippen LogP contribution is 2.20. The van der Waals surface area contributed by atoms with Crippen molar-refractivity contribution in [2.45, 2.75) is 17.3 Å². The topological polar surface area (TPSA) is 27.7 Å². The van der Waals surface area contributed by atoms with E-state index >= 15 is 0 Å². The zero-order chi connectivity index (χ0) is 8.91. The van der Waals surface area contributed by atoms with Crippen molar-refractivity contribution in [3.8, 4) is 0 Å². The lowest BCUT2D eigenvalue weighted by Crippen LogP contribution is -2.38. The lowest BCUT2D eigenvalue weighted by Gasteiger charge is -2.29. The zero-order valence-electron chi connectivity index (χ0n) is 7.46. The van der Waals surface area contributed by atoms with Crippen molar-refractivity contribution < 1.29 is 14.2 Å². The largest absolute Gasteiger partial charge is 0.331 e. The third-order valence-corrected chi connectivity index (χ3v) is 2.07. The summed E-state index contributed by atoms with van der Waals surface area (Å²) in [7, 11) is 5.67. The molecule has 0 saturated heterocycles. The molecule has 0 aromatic heterocycles. The average Bonchev–Trinajstić information content (AvgIpc) is 2.00. The monoisotopic (exact) mass is 196 g/mol. The Hall–Kier alpha value is 0.447. The molecular weight excluding hydrogens is 180 g/mol. The van der Waals surface area contributed by atoms with E-state index in [1.807, 2.05) is 0 Å². The molecule has 0 aliphatic carbocycles. The van der Waals surface area contributed by atoms with Crippen LogP contribution in [0.25, 0.3) is 0 Å². The molecule has 0 radical (unpaired) electrons. The molecule has 0 spiro atoms. The summed E-state index contributed by atoms with van der Waals surface area (Å²) in [6, 6.07) is 0. The third kappa shape index (κ3) is 3.57. The number of ether oxygens (including phenoxy) is 3. The maximum absolute atomic E-state index is 5.08. The zero-order valence-corrected chi connectivity index (χ0v) is 10.4. The lowest BCUT2D eigenvalue weighted by molar-refractivity contribution is -0.353. The number of methoxy groups -OCH3 is 3. The van der Waals surface area contributed by atoms with E-state index in [1.165, 1.54) is 0 Å². The van der Waals surface area contributed by atoms with Crippen molar-refractivity contribution in [2.75, 3.05) is 21.3 Å². The summed E-state index contributed by atoms with van der Waals surface area (Å²) < 4.78 is 15.2. The minimum Gasteiger partial charge on any atom is -0.331 e. The van der Waals surface area contributed by atoms with Gasteiger partial charge in [-0.2, -0.15) is 12.6 Å². The summed E-state index contributed by atoms with van der Waals surface area (Å²) in [4.78, 5) is 0.315. The van der Waals surface area contributed by atoms with Gasteiger partial charge in [0.25, 0.3) is 5.97 Å². The van der Waals surface area contributed by atoms with Crippen LogP contribution in [0.5, 0.6) is 0 Å². The summed E-state index contributed by atoms with van der Waals surface area (Å²) in [5, 5.41) is 0. The van der Waals surface area contributed by atoms with E-state index < -0.39 is 5.97 Å². The van der Waals surface area contributed by atoms with Crippen molar-refractivity contribution in [3.05, 3.63) is 0 Å². The summed E-state index contributed by atoms with van der Waals surface area (Å²) in [6.45, 7) is 0. The predicted molar refractivity (Wildman–Crippen MR) is 51.1 cm³/mol. The maximum atomic E-state index is 5.08. The minimum absolute atomic E-state index is 0.315. The molecule has 0 aliphatic heterocycles. The molecule has 0 rings (SSSR count). The van der Waals surface area contributed by atoms with Crippen LogP contribution < -0.4 is 0 Å². The highest BCUT2D eigenvalue weighted by atomic mass is 32.1. The van der Waals surface area contributed by atoms with E-state index in [0.29, 0.717) is 11.3 Å². The first-order valence-electron chi connectivity index (χ1n) is 3.43. The molecule has 3 nitrogen and oxygen atoms in total. The number of thiol groups is 1. The molecule has 1 unspecified atom stereocenters. The fourth-order valence-electron chi connectivity index (χ4n) is 0.862. The predicted octanol–water partition coefficient (Wildman–Crippen LogP) is -0.409. The van der Waals surface area contributed by atoms with E-state index in [1.54, 1.807) is 21.3 Å². The van der Waals surface area contributed by atoms with Gasteiger partial charge < -0.3 is 14.2 Å². The van der Waals surface area contributed by atoms with Gasteiger partial charge in [-0.25, -0.2) is 0 Å². The Morgan fingerprint density at radius 1 is 1.27 bits per heavy atom. The molecule has 0 saturated carbocycles. The Balaban J connectivity index is 4.05. The quantitative estimate of drug-likeness (QED) is 0.368. The van der Waals surface area contributed by atoms with E-state index in [9.17, 15) is 0 Å². The molecule has 11 heavy (non-hydrogen) atoms. The van der Waals surface area contributed by atoms with E-state index in [-0.39, 0.29) is 0 Å². The van der Waals surface area contributed by atoms with Crippen LogP contribution in [0.4, 0.5) is 0 Å². The smallest absolute Gasteiger partial charge is 0.282 e. The van der Waals surface area contributed by atoms with Crippen LogP contribution in [0, 0.1) is 0 Å². The molecule has 0 aliphatic rings. The van der Waals surface area contributed by atoms with Crippen LogP contribution in [-0.2, 0) is 14.2 Å². The van der Waals surface area contributed by atoms with Crippen LogP contribution in [0.3, 0.4) is 0 Å². The SMILES string of the molecule is COC(CC([SiH3])S)(OC)OC. The molecule has 5 heteroatoms. The normalized spacial score (nSPS) is 15.3. The minimum atomic E-state index is -0.895. The van der Waals surface area contributed by atoms with Crippen LogP contribution in [0.1, 0.15) is 6.42 Å². The molecule has 0 amide bonds. The Morgan fingerprint density at radius 2 is 1.64 bits per heavy atom. The Labute approximate surface area is 76.2 Å². The van der Waals surface area contributed by atoms with Gasteiger partial charge in [-0.05, 0) is 4.87 Å². The summed E-state index contributed by atoms with van der Waals surface area (Å²) in [6.07, 6.45) is 0.659. The fraction of sp³-hybridized carbons (Fsp3) is 1.00. The first kappa shape index (κ1) is 11.4. The average molecular weight is 196 g/mol. The van der Waals surface area contributed by atoms with Gasteiger partial charge >= 0.3 is 0 Å². The van der Waals surface area contributed by atoms with Gasteiger partial charge in [0.15, 0.2) is 0 Å². The van der Waals surface area contributed by atoms with E-state index in [0.717, 1.165) is 10.2 Å². The van der Waals surface area contributed by atoms with Gasteiger partial charge in [-0.1, -0.05) is 0 Å². The second-order valence-corrected chi connectivity index (χ2v) is 5.60. The van der Waals surface area contributed by atoms with Gasteiger partial charge in [0.05, 0.1) is 0 Å². The van der Waals surface area contributed by atoms with Crippen molar-refractivity contribution in [3.63, 3.8) is 0 Å². The fourth-order valence-corrected chi connectivity index (χ4v) is 1.59. The third-order valence-electron chi connectivity index (χ3n) is 1.48. The van der Waals surface area contributed by atoms with Gasteiger partial charge in [0.1, 0.15) is 0 Å². The van der Waals surface area contributed by atoms with Gasteiger partial charge in [-0.15, -0.1) is 0 Å². The van der Waals surface area contributed by atoms with E-state index in [4.69, 9.17) is 14.2 Å². The molecule has 0 bridgehead atoms. The molecule has 0 N–H and O–H groups in total. The first-order chi connectivity index (χ1) is 5.10. The molecular formula is C6H16O3SSi. The van der Waals surface area contributed by atoms with Crippen molar-refractivity contribution in [2.24, 2.45) is 0 Å². The Morgan fingerprint density at radius 3 is 1.73 bits per heavy atom. The summed E-state index contributed by atoms with van der Waals surface area (Å²) in [5.74, 6) is -0.895. The second kappa shape index (κ2) is 5.16. The molecule has 0 aromatic rings. The maximum Gasteiger partial charge on any atom is 0.282 e. The standard InChI is InChI=1S/C6H16O3SSi/c1-7-6(8-2,9-3)4-5(10)11/h5,10H,4H2,1-3,11H3. The van der Waals surface area contributed by atoms with Crippen LogP contribution >= 0.6 is 12.6 Å². The van der Waals surface area contributed by atoms with Gasteiger partial charge in [0.2, 0.25) is 0 Å². The Kier molecular flexibility index (Phi) is 5.37. The lowest BCUT2D eigenvalue weighted by atomic mass is 10.4. The van der Waals surface area contributed by atoms with Crippen molar-refractivity contribution >= 4 is 22.9 Å². The molecule has 68 valence electrons. The van der Waals surface area contributed by atoms with Crippen LogP contribution in [-0.4, -0.2) is 42.4 Å². The van der Waals surface area contributed by atoms with Gasteiger partial charge in [-0.3, -0.25) is 0 Å². The van der Waals surface area contributed by atoms with Crippen molar-refractivity contribution in [1.29, 1.82) is 0 Å². The van der Waals surface area contributed by atoms with Crippen molar-refractivity contribution in [1.82, 2.24) is 0 Å². The molecule has 0 heterocycles. The highest BCUT2D eigenvalue weighted by molar-refractivity contribution is 7.82. The van der Waals surface area contributed by atoms with Crippen LogP contribution in [0.15, 0.2) is 0 Å². The first-order valence-corrected chi connectivity index (χ1v) is 5.11. The summed E-state index contributed by atoms with van der Waals surface area (Å²) in [5.41, 5.74) is 0. The van der Waals surface area contributed by atoms with E-state index in [2.05, 4.69) is 12.6 Å². The molecule has 1 atom stereocenters. The number of hydrogen-bond acceptors (Lipinski definition) is 4. The molecule has 0 aromatic carbocycles. The second-order valence-electron chi connectivity index (χ2n) is 2.35. The number of hydrogen-bond donors (Lipinski definition) is 1. The van der Waals surface area contributed by atoms with Gasteiger partial charge in [0, 0.05) is 38.0 Å². The Bertz CT molecular complexity index is 97.7. The molecule has 0 fully saturated rings. The summed E-state index contributed by atoms with van der Waals surface area (Å²) >= 11 is 4.28. The number of rotatable bonds is 5. The highest BCUT2D eigenvalue weighted by Gasteiger charge is 2.30.